The average Bonchev–Trinajstić information content (AvgIpc) is 3.04. The highest BCUT2D eigenvalue weighted by Crippen LogP contribution is 2.22. The monoisotopic (exact) mass is 327 g/mol. The summed E-state index contributed by atoms with van der Waals surface area (Å²) in [5.41, 5.74) is 2.88. The lowest BCUT2D eigenvalue weighted by Gasteiger charge is -2.31. The molecule has 0 bridgehead atoms. The van der Waals surface area contributed by atoms with Crippen molar-refractivity contribution in [2.75, 3.05) is 13.1 Å². The minimum atomic E-state index is 0.169. The lowest BCUT2D eigenvalue weighted by atomic mass is 9.93. The first kappa shape index (κ1) is 16.6. The number of likely N-dealkylation sites (tertiary alicyclic amines) is 1. The number of aryl methyl sites for hydroxylation is 1. The van der Waals surface area contributed by atoms with Crippen molar-refractivity contribution in [3.63, 3.8) is 0 Å². The minimum absolute atomic E-state index is 0.169. The molecule has 0 spiro atoms. The molecule has 6 nitrogen and oxygen atoms in total. The van der Waals surface area contributed by atoms with Gasteiger partial charge >= 0.3 is 0 Å². The molecule has 0 aliphatic carbocycles. The third-order valence-corrected chi connectivity index (χ3v) is 4.56. The van der Waals surface area contributed by atoms with Crippen molar-refractivity contribution in [3.8, 4) is 11.4 Å². The van der Waals surface area contributed by atoms with Crippen molar-refractivity contribution in [1.29, 1.82) is 0 Å². The van der Waals surface area contributed by atoms with Gasteiger partial charge in [0.2, 0.25) is 5.91 Å². The van der Waals surface area contributed by atoms with Crippen LogP contribution in [0.5, 0.6) is 0 Å². The Balaban J connectivity index is 1.73. The highest BCUT2D eigenvalue weighted by molar-refractivity contribution is 5.73. The molecule has 1 saturated heterocycles. The molecule has 0 saturated carbocycles. The number of aromatic nitrogens is 4. The Kier molecular flexibility index (Phi) is 5.23. The Morgan fingerprint density at radius 3 is 3.04 bits per heavy atom. The lowest BCUT2D eigenvalue weighted by Crippen LogP contribution is -2.39. The van der Waals surface area contributed by atoms with Gasteiger partial charge in [-0.3, -0.25) is 14.5 Å². The number of carbonyl (C=O) groups is 1. The van der Waals surface area contributed by atoms with E-state index in [1.165, 1.54) is 0 Å². The smallest absolute Gasteiger partial charge is 0.219 e. The maximum atomic E-state index is 11.6. The summed E-state index contributed by atoms with van der Waals surface area (Å²) in [5.74, 6) is 0.635. The number of hydrogen-bond donors (Lipinski definition) is 0. The third kappa shape index (κ3) is 3.80. The predicted molar refractivity (Wildman–Crippen MR) is 92.2 cm³/mol. The maximum absolute atomic E-state index is 11.6. The van der Waals surface area contributed by atoms with Crippen LogP contribution < -0.4 is 0 Å². The van der Waals surface area contributed by atoms with Crippen LogP contribution in [-0.4, -0.2) is 43.6 Å². The lowest BCUT2D eigenvalue weighted by molar-refractivity contribution is -0.130. The van der Waals surface area contributed by atoms with E-state index in [9.17, 15) is 4.79 Å². The third-order valence-electron chi connectivity index (χ3n) is 4.56. The van der Waals surface area contributed by atoms with Crippen molar-refractivity contribution >= 4 is 5.91 Å². The van der Waals surface area contributed by atoms with Crippen LogP contribution in [0.1, 0.15) is 38.8 Å². The Bertz CT molecular complexity index is 696. The molecule has 2 aromatic heterocycles. The number of hydrogen-bond acceptors (Lipinski definition) is 4. The molecular formula is C18H25N5O. The zero-order valence-corrected chi connectivity index (χ0v) is 14.5. The average molecular weight is 327 g/mol. The maximum Gasteiger partial charge on any atom is 0.219 e. The van der Waals surface area contributed by atoms with E-state index in [-0.39, 0.29) is 5.91 Å². The fourth-order valence-corrected chi connectivity index (χ4v) is 3.38. The Morgan fingerprint density at radius 2 is 2.25 bits per heavy atom. The van der Waals surface area contributed by atoms with E-state index in [1.807, 2.05) is 28.0 Å². The van der Waals surface area contributed by atoms with Crippen LogP contribution in [0.4, 0.5) is 0 Å². The number of piperidine rings is 1. The van der Waals surface area contributed by atoms with Crippen molar-refractivity contribution in [2.24, 2.45) is 5.92 Å². The van der Waals surface area contributed by atoms with Gasteiger partial charge in [-0.2, -0.15) is 5.10 Å². The summed E-state index contributed by atoms with van der Waals surface area (Å²) in [7, 11) is 0. The van der Waals surface area contributed by atoms with Crippen LogP contribution in [-0.2, 0) is 17.8 Å². The molecule has 1 amide bonds. The molecule has 3 heterocycles. The zero-order chi connectivity index (χ0) is 16.9. The molecule has 1 aliphatic rings. The molecule has 128 valence electrons. The van der Waals surface area contributed by atoms with Crippen LogP contribution in [0, 0.1) is 5.92 Å². The van der Waals surface area contributed by atoms with E-state index < -0.39 is 0 Å². The molecule has 1 aliphatic heterocycles. The molecule has 3 rings (SSSR count). The number of amides is 1. The molecule has 6 heteroatoms. The van der Waals surface area contributed by atoms with Crippen molar-refractivity contribution in [1.82, 2.24) is 24.6 Å². The molecule has 0 N–H and O–H groups in total. The van der Waals surface area contributed by atoms with E-state index in [0.29, 0.717) is 5.92 Å². The summed E-state index contributed by atoms with van der Waals surface area (Å²) in [6, 6.07) is 1.99. The molecule has 0 radical (unpaired) electrons. The Morgan fingerprint density at radius 1 is 1.38 bits per heavy atom. The minimum Gasteiger partial charge on any atom is -0.343 e. The van der Waals surface area contributed by atoms with Gasteiger partial charge in [0.15, 0.2) is 0 Å². The van der Waals surface area contributed by atoms with Crippen molar-refractivity contribution in [2.45, 2.75) is 46.1 Å². The van der Waals surface area contributed by atoms with Crippen LogP contribution in [0.25, 0.3) is 11.4 Å². The first-order valence-corrected chi connectivity index (χ1v) is 8.76. The largest absolute Gasteiger partial charge is 0.343 e. The second-order valence-electron chi connectivity index (χ2n) is 6.51. The van der Waals surface area contributed by atoms with Gasteiger partial charge in [0.1, 0.15) is 5.69 Å². The van der Waals surface area contributed by atoms with Gasteiger partial charge in [0, 0.05) is 39.0 Å². The quantitative estimate of drug-likeness (QED) is 0.846. The van der Waals surface area contributed by atoms with Gasteiger partial charge in [-0.1, -0.05) is 6.92 Å². The number of nitrogens with zero attached hydrogens (tertiary/aromatic N) is 5. The van der Waals surface area contributed by atoms with Gasteiger partial charge < -0.3 is 4.90 Å². The molecule has 24 heavy (non-hydrogen) atoms. The number of carbonyl (C=O) groups excluding carboxylic acids is 1. The molecule has 1 atom stereocenters. The fraction of sp³-hybridized carbons (Fsp3) is 0.556. The highest BCUT2D eigenvalue weighted by Gasteiger charge is 2.22. The Hall–Kier alpha value is -2.24. The van der Waals surface area contributed by atoms with E-state index in [0.717, 1.165) is 62.4 Å². The van der Waals surface area contributed by atoms with E-state index >= 15 is 0 Å². The summed E-state index contributed by atoms with van der Waals surface area (Å²) in [6.07, 6.45) is 9.57. The molecule has 2 aromatic rings. The van der Waals surface area contributed by atoms with E-state index in [4.69, 9.17) is 4.98 Å². The fourth-order valence-electron chi connectivity index (χ4n) is 3.38. The molecule has 1 fully saturated rings. The summed E-state index contributed by atoms with van der Waals surface area (Å²) in [6.45, 7) is 6.38. The summed E-state index contributed by atoms with van der Waals surface area (Å²) < 4.78 is 1.98. The molecule has 0 aromatic carbocycles. The summed E-state index contributed by atoms with van der Waals surface area (Å²) in [4.78, 5) is 22.7. The van der Waals surface area contributed by atoms with Gasteiger partial charge in [-0.15, -0.1) is 0 Å². The molecular weight excluding hydrogens is 302 g/mol. The van der Waals surface area contributed by atoms with Gasteiger partial charge in [-0.25, -0.2) is 4.98 Å². The van der Waals surface area contributed by atoms with E-state index in [2.05, 4.69) is 17.0 Å². The van der Waals surface area contributed by atoms with Gasteiger partial charge in [0.05, 0.1) is 17.6 Å². The zero-order valence-electron chi connectivity index (χ0n) is 14.5. The van der Waals surface area contributed by atoms with Crippen LogP contribution in [0.2, 0.25) is 0 Å². The normalized spacial score (nSPS) is 17.9. The molecule has 1 unspecified atom stereocenters. The number of rotatable bonds is 5. The SMILES string of the molecule is CCCn1nccc1-c1cncc(CC2CCCN(C(C)=O)C2)n1. The summed E-state index contributed by atoms with van der Waals surface area (Å²) in [5, 5.41) is 4.36. The predicted octanol–water partition coefficient (Wildman–Crippen LogP) is 2.55. The second-order valence-corrected chi connectivity index (χ2v) is 6.51. The standard InChI is InChI=1S/C18H25N5O/c1-3-8-23-18(6-7-20-23)17-12-19-11-16(21-17)10-15-5-4-9-22(13-15)14(2)24/h6-7,11-12,15H,3-5,8-10,13H2,1-2H3. The van der Waals surface area contributed by atoms with Crippen molar-refractivity contribution in [3.05, 3.63) is 30.4 Å². The van der Waals surface area contributed by atoms with Crippen molar-refractivity contribution < 1.29 is 4.79 Å². The van der Waals surface area contributed by atoms with Crippen LogP contribution >= 0.6 is 0 Å². The second kappa shape index (κ2) is 7.55. The van der Waals surface area contributed by atoms with Crippen LogP contribution in [0.3, 0.4) is 0 Å². The van der Waals surface area contributed by atoms with E-state index in [1.54, 1.807) is 13.1 Å². The topological polar surface area (TPSA) is 63.9 Å². The Labute approximate surface area is 142 Å². The van der Waals surface area contributed by atoms with Crippen LogP contribution in [0.15, 0.2) is 24.7 Å². The van der Waals surface area contributed by atoms with Gasteiger partial charge in [-0.05, 0) is 37.7 Å². The highest BCUT2D eigenvalue weighted by atomic mass is 16.2. The van der Waals surface area contributed by atoms with Gasteiger partial charge in [0.25, 0.3) is 0 Å². The first-order chi connectivity index (χ1) is 11.7. The summed E-state index contributed by atoms with van der Waals surface area (Å²) >= 11 is 0. The first-order valence-electron chi connectivity index (χ1n) is 8.76.